The SMILES string of the molecule is CCCCNc1cnn(CC(=O)NC)c1. The van der Waals surface area contributed by atoms with Crippen LogP contribution in [0.4, 0.5) is 5.69 Å². The van der Waals surface area contributed by atoms with Gasteiger partial charge in [-0.25, -0.2) is 0 Å². The van der Waals surface area contributed by atoms with Gasteiger partial charge in [0.15, 0.2) is 0 Å². The van der Waals surface area contributed by atoms with Crippen LogP contribution in [0.3, 0.4) is 0 Å². The molecular weight excluding hydrogens is 192 g/mol. The minimum absolute atomic E-state index is 0.0433. The average molecular weight is 210 g/mol. The van der Waals surface area contributed by atoms with Crippen LogP contribution in [-0.2, 0) is 11.3 Å². The summed E-state index contributed by atoms with van der Waals surface area (Å²) in [5.74, 6) is -0.0433. The van der Waals surface area contributed by atoms with E-state index in [9.17, 15) is 4.79 Å². The summed E-state index contributed by atoms with van der Waals surface area (Å²) in [4.78, 5) is 11.1. The number of aromatic nitrogens is 2. The van der Waals surface area contributed by atoms with E-state index >= 15 is 0 Å². The predicted octanol–water partition coefficient (Wildman–Crippen LogP) is 0.841. The number of amides is 1. The monoisotopic (exact) mass is 210 g/mol. The molecule has 84 valence electrons. The zero-order valence-corrected chi connectivity index (χ0v) is 9.29. The summed E-state index contributed by atoms with van der Waals surface area (Å²) in [5, 5.41) is 9.87. The first-order valence-electron chi connectivity index (χ1n) is 5.23. The van der Waals surface area contributed by atoms with E-state index < -0.39 is 0 Å². The van der Waals surface area contributed by atoms with Crippen LogP contribution in [0.25, 0.3) is 0 Å². The Labute approximate surface area is 89.9 Å². The summed E-state index contributed by atoms with van der Waals surface area (Å²) < 4.78 is 1.62. The zero-order valence-electron chi connectivity index (χ0n) is 9.29. The molecule has 0 unspecified atom stereocenters. The number of carbonyl (C=O) groups is 1. The van der Waals surface area contributed by atoms with Crippen molar-refractivity contribution in [2.24, 2.45) is 0 Å². The Morgan fingerprint density at radius 2 is 2.40 bits per heavy atom. The summed E-state index contributed by atoms with van der Waals surface area (Å²) in [5.41, 5.74) is 0.965. The van der Waals surface area contributed by atoms with E-state index in [2.05, 4.69) is 22.7 Å². The Bertz CT molecular complexity index is 308. The Hall–Kier alpha value is -1.52. The van der Waals surface area contributed by atoms with E-state index in [1.165, 1.54) is 6.42 Å². The number of carbonyl (C=O) groups excluding carboxylic acids is 1. The molecule has 2 N–H and O–H groups in total. The van der Waals surface area contributed by atoms with Crippen molar-refractivity contribution in [3.05, 3.63) is 12.4 Å². The number of anilines is 1. The second-order valence-electron chi connectivity index (χ2n) is 3.38. The Balaban J connectivity index is 2.38. The Morgan fingerprint density at radius 1 is 1.60 bits per heavy atom. The quantitative estimate of drug-likeness (QED) is 0.684. The molecule has 0 saturated carbocycles. The van der Waals surface area contributed by atoms with Crippen LogP contribution in [0.15, 0.2) is 12.4 Å². The minimum Gasteiger partial charge on any atom is -0.383 e. The van der Waals surface area contributed by atoms with Crippen molar-refractivity contribution in [3.63, 3.8) is 0 Å². The largest absolute Gasteiger partial charge is 0.383 e. The van der Waals surface area contributed by atoms with Crippen LogP contribution < -0.4 is 10.6 Å². The van der Waals surface area contributed by atoms with Gasteiger partial charge >= 0.3 is 0 Å². The number of unbranched alkanes of at least 4 members (excludes halogenated alkanes) is 1. The highest BCUT2D eigenvalue weighted by atomic mass is 16.1. The topological polar surface area (TPSA) is 59.0 Å². The van der Waals surface area contributed by atoms with Crippen molar-refractivity contribution in [1.82, 2.24) is 15.1 Å². The first kappa shape index (κ1) is 11.6. The Kier molecular flexibility index (Phi) is 4.66. The molecule has 0 aliphatic carbocycles. The van der Waals surface area contributed by atoms with Crippen molar-refractivity contribution >= 4 is 11.6 Å². The van der Waals surface area contributed by atoms with Gasteiger partial charge in [-0.15, -0.1) is 0 Å². The molecule has 1 aromatic rings. The molecule has 0 aliphatic rings. The molecule has 0 aliphatic heterocycles. The van der Waals surface area contributed by atoms with Crippen molar-refractivity contribution in [2.45, 2.75) is 26.3 Å². The van der Waals surface area contributed by atoms with Gasteiger partial charge < -0.3 is 10.6 Å². The summed E-state index contributed by atoms with van der Waals surface area (Å²) in [6.45, 7) is 3.37. The fourth-order valence-corrected chi connectivity index (χ4v) is 1.18. The maximum absolute atomic E-state index is 11.1. The van der Waals surface area contributed by atoms with Gasteiger partial charge in [0.2, 0.25) is 5.91 Å². The molecule has 5 heteroatoms. The van der Waals surface area contributed by atoms with E-state index in [4.69, 9.17) is 0 Å². The summed E-state index contributed by atoms with van der Waals surface area (Å²) in [6, 6.07) is 0. The lowest BCUT2D eigenvalue weighted by Crippen LogP contribution is -2.23. The minimum atomic E-state index is -0.0433. The molecule has 1 aromatic heterocycles. The fraction of sp³-hybridized carbons (Fsp3) is 0.600. The molecule has 0 spiro atoms. The van der Waals surface area contributed by atoms with Crippen molar-refractivity contribution < 1.29 is 4.79 Å². The van der Waals surface area contributed by atoms with Gasteiger partial charge in [-0.05, 0) is 6.42 Å². The van der Waals surface area contributed by atoms with E-state index in [1.54, 1.807) is 17.9 Å². The molecule has 0 bridgehead atoms. The van der Waals surface area contributed by atoms with Gasteiger partial charge in [-0.3, -0.25) is 9.48 Å². The van der Waals surface area contributed by atoms with Crippen LogP contribution in [0, 0.1) is 0 Å². The van der Waals surface area contributed by atoms with Gasteiger partial charge in [0.05, 0.1) is 11.9 Å². The highest BCUT2D eigenvalue weighted by Crippen LogP contribution is 2.04. The molecule has 5 nitrogen and oxygen atoms in total. The number of hydrogen-bond donors (Lipinski definition) is 2. The highest BCUT2D eigenvalue weighted by Gasteiger charge is 2.01. The third-order valence-corrected chi connectivity index (χ3v) is 2.08. The van der Waals surface area contributed by atoms with Crippen molar-refractivity contribution in [2.75, 3.05) is 18.9 Å². The van der Waals surface area contributed by atoms with Gasteiger partial charge in [0.25, 0.3) is 0 Å². The lowest BCUT2D eigenvalue weighted by molar-refractivity contribution is -0.121. The van der Waals surface area contributed by atoms with Gasteiger partial charge in [-0.1, -0.05) is 13.3 Å². The van der Waals surface area contributed by atoms with Crippen molar-refractivity contribution in [1.29, 1.82) is 0 Å². The van der Waals surface area contributed by atoms with Gasteiger partial charge in [-0.2, -0.15) is 5.10 Å². The van der Waals surface area contributed by atoms with E-state index in [0.29, 0.717) is 0 Å². The third kappa shape index (κ3) is 4.01. The van der Waals surface area contributed by atoms with Crippen LogP contribution in [0.1, 0.15) is 19.8 Å². The molecular formula is C10H18N4O. The standard InChI is InChI=1S/C10H18N4O/c1-3-4-5-12-9-6-13-14(7-9)8-10(15)11-2/h6-7,12H,3-5,8H2,1-2H3,(H,11,15). The number of likely N-dealkylation sites (N-methyl/N-ethyl adjacent to an activating group) is 1. The lowest BCUT2D eigenvalue weighted by Gasteiger charge is -2.01. The van der Waals surface area contributed by atoms with Crippen LogP contribution in [0.5, 0.6) is 0 Å². The first-order valence-corrected chi connectivity index (χ1v) is 5.23. The molecule has 0 radical (unpaired) electrons. The normalized spacial score (nSPS) is 10.0. The van der Waals surface area contributed by atoms with Crippen molar-refractivity contribution in [3.8, 4) is 0 Å². The average Bonchev–Trinajstić information content (AvgIpc) is 2.66. The molecule has 1 rings (SSSR count). The first-order chi connectivity index (χ1) is 7.26. The third-order valence-electron chi connectivity index (χ3n) is 2.08. The number of hydrogen-bond acceptors (Lipinski definition) is 3. The number of nitrogens with zero attached hydrogens (tertiary/aromatic N) is 2. The number of nitrogens with one attached hydrogen (secondary N) is 2. The second-order valence-corrected chi connectivity index (χ2v) is 3.38. The van der Waals surface area contributed by atoms with Crippen LogP contribution in [-0.4, -0.2) is 29.3 Å². The summed E-state index contributed by atoms with van der Waals surface area (Å²) in [7, 11) is 1.62. The van der Waals surface area contributed by atoms with Gasteiger partial charge in [0.1, 0.15) is 6.54 Å². The molecule has 1 heterocycles. The van der Waals surface area contributed by atoms with E-state index in [1.807, 2.05) is 6.20 Å². The molecule has 0 atom stereocenters. The number of rotatable bonds is 6. The smallest absolute Gasteiger partial charge is 0.241 e. The molecule has 0 aromatic carbocycles. The molecule has 0 fully saturated rings. The maximum Gasteiger partial charge on any atom is 0.241 e. The summed E-state index contributed by atoms with van der Waals surface area (Å²) >= 11 is 0. The highest BCUT2D eigenvalue weighted by molar-refractivity contribution is 5.75. The summed E-state index contributed by atoms with van der Waals surface area (Å²) in [6.07, 6.45) is 5.88. The fourth-order valence-electron chi connectivity index (χ4n) is 1.18. The van der Waals surface area contributed by atoms with Crippen LogP contribution in [0.2, 0.25) is 0 Å². The lowest BCUT2D eigenvalue weighted by atomic mass is 10.3. The maximum atomic E-state index is 11.1. The molecule has 15 heavy (non-hydrogen) atoms. The van der Waals surface area contributed by atoms with E-state index in [-0.39, 0.29) is 12.5 Å². The van der Waals surface area contributed by atoms with Crippen LogP contribution >= 0.6 is 0 Å². The van der Waals surface area contributed by atoms with Gasteiger partial charge in [0, 0.05) is 19.8 Å². The Morgan fingerprint density at radius 3 is 3.07 bits per heavy atom. The second kappa shape index (κ2) is 6.06. The van der Waals surface area contributed by atoms with E-state index in [0.717, 1.165) is 18.7 Å². The zero-order chi connectivity index (χ0) is 11.1. The predicted molar refractivity (Wildman–Crippen MR) is 59.7 cm³/mol. The molecule has 1 amide bonds. The molecule has 0 saturated heterocycles.